The summed E-state index contributed by atoms with van der Waals surface area (Å²) in [5, 5.41) is 17.8. The average Bonchev–Trinajstić information content (AvgIpc) is 3.50. The van der Waals surface area contributed by atoms with Crippen LogP contribution in [0.15, 0.2) is 91.0 Å². The molecule has 53 heavy (non-hydrogen) atoms. The van der Waals surface area contributed by atoms with Gasteiger partial charge in [0.2, 0.25) is 15.9 Å². The van der Waals surface area contributed by atoms with Crippen LogP contribution in [0, 0.1) is 0 Å². The van der Waals surface area contributed by atoms with Crippen molar-refractivity contribution in [2.45, 2.75) is 68.7 Å². The van der Waals surface area contributed by atoms with Crippen LogP contribution in [0.1, 0.15) is 53.6 Å². The average molecular weight is 759 g/mol. The summed E-state index contributed by atoms with van der Waals surface area (Å²) in [5.74, 6) is -1.42. The van der Waals surface area contributed by atoms with Gasteiger partial charge < -0.3 is 25.2 Å². The number of likely N-dealkylation sites (N-methyl/N-ethyl adjacent to an activating group) is 1. The summed E-state index contributed by atoms with van der Waals surface area (Å²) in [6.07, 6.45) is -4.60. The lowest BCUT2D eigenvalue weighted by molar-refractivity contribution is -0.130. The minimum atomic E-state index is -4.72. The van der Waals surface area contributed by atoms with Gasteiger partial charge in [-0.15, -0.1) is 0 Å². The first-order valence-electron chi connectivity index (χ1n) is 17.3. The lowest BCUT2D eigenvalue weighted by Gasteiger charge is -2.31. The number of aliphatic hydroxyl groups excluding tert-OH is 1. The molecule has 1 aliphatic carbocycles. The van der Waals surface area contributed by atoms with Crippen LogP contribution in [-0.4, -0.2) is 92.1 Å². The van der Waals surface area contributed by atoms with Gasteiger partial charge in [0.25, 0.3) is 0 Å². The van der Waals surface area contributed by atoms with Crippen LogP contribution in [-0.2, 0) is 32.6 Å². The third kappa shape index (κ3) is 10.6. The van der Waals surface area contributed by atoms with E-state index in [-0.39, 0.29) is 38.6 Å². The largest absolute Gasteiger partial charge is 0.497 e. The number of alkyl halides is 3. The first kappa shape index (κ1) is 39.8. The third-order valence-corrected chi connectivity index (χ3v) is 11.5. The van der Waals surface area contributed by atoms with Gasteiger partial charge in [-0.3, -0.25) is 9.69 Å². The van der Waals surface area contributed by atoms with Gasteiger partial charge in [0.15, 0.2) is 0 Å². The van der Waals surface area contributed by atoms with Gasteiger partial charge in [0, 0.05) is 26.2 Å². The van der Waals surface area contributed by atoms with E-state index in [4.69, 9.17) is 9.47 Å². The van der Waals surface area contributed by atoms with Crippen molar-refractivity contribution in [1.29, 1.82) is 0 Å². The highest BCUT2D eigenvalue weighted by molar-refractivity contribution is 7.89. The van der Waals surface area contributed by atoms with Crippen LogP contribution in [0.3, 0.4) is 0 Å². The molecule has 1 heterocycles. The standard InChI is InChI=1S/C38H45F3N4O7S/c1-44(53(49,50)20-18-38(39,40)41)33-15-9-10-19-45(37(48)52-25-27-13-7-4-8-14-27)34-23-31(30-22-28(51-2)16-17-29(30)34)42-24-35(46)32(43-36(33)47)21-26-11-5-3-6-12-26/h3-14,16-17,22,31-35,42,46H,15,18-21,23-25H2,1-2H3,(H,43,47)/t31-,32-,33-,34+,35+/m0/s1. The molecule has 286 valence electrons. The smallest absolute Gasteiger partial charge is 0.410 e. The van der Waals surface area contributed by atoms with Crippen molar-refractivity contribution in [2.24, 2.45) is 0 Å². The second-order valence-electron chi connectivity index (χ2n) is 13.2. The molecule has 2 amide bonds. The van der Waals surface area contributed by atoms with Crippen molar-refractivity contribution in [2.75, 3.05) is 33.0 Å². The number of nitrogens with zero attached hydrogens (tertiary/aromatic N) is 2. The molecule has 0 saturated heterocycles. The Hall–Kier alpha value is -4.44. The summed E-state index contributed by atoms with van der Waals surface area (Å²) in [6.45, 7) is 0.0170. The number of hydrogen-bond acceptors (Lipinski definition) is 8. The summed E-state index contributed by atoms with van der Waals surface area (Å²) >= 11 is 0. The minimum Gasteiger partial charge on any atom is -0.497 e. The lowest BCUT2D eigenvalue weighted by Crippen LogP contribution is -2.55. The molecule has 5 atom stereocenters. The van der Waals surface area contributed by atoms with Gasteiger partial charge >= 0.3 is 12.3 Å². The first-order valence-corrected chi connectivity index (χ1v) is 18.9. The molecular formula is C38H45F3N4O7S. The Bertz CT molecular complexity index is 1830. The van der Waals surface area contributed by atoms with Gasteiger partial charge in [-0.25, -0.2) is 13.2 Å². The normalized spacial score (nSPS) is 22.7. The molecule has 0 saturated carbocycles. The Morgan fingerprint density at radius 2 is 1.68 bits per heavy atom. The maximum Gasteiger partial charge on any atom is 0.410 e. The number of fused-ring (bicyclic) bond motifs is 5. The topological polar surface area (TPSA) is 138 Å². The van der Waals surface area contributed by atoms with Crippen molar-refractivity contribution in [3.8, 4) is 5.75 Å². The maximum absolute atomic E-state index is 13.9. The van der Waals surface area contributed by atoms with E-state index in [1.165, 1.54) is 6.08 Å². The molecule has 3 aromatic carbocycles. The number of halogens is 3. The SMILES string of the molecule is COc1ccc2c(c1)[C@@H]1C[C@H]2N(C(=O)OCc2ccccc2)CC=CC[C@H](N(C)S(=O)(=O)CCC(F)(F)F)C(=O)N[C@@H](Cc2ccccc2)[C@H](O)CN1. The predicted molar refractivity (Wildman–Crippen MR) is 192 cm³/mol. The Morgan fingerprint density at radius 3 is 2.34 bits per heavy atom. The number of hydrogen-bond donors (Lipinski definition) is 3. The van der Waals surface area contributed by atoms with Crippen LogP contribution < -0.4 is 15.4 Å². The molecule has 1 aliphatic heterocycles. The van der Waals surface area contributed by atoms with Crippen molar-refractivity contribution < 1.29 is 45.8 Å². The highest BCUT2D eigenvalue weighted by atomic mass is 32.2. The Kier molecular flexibility index (Phi) is 13.2. The number of carbonyl (C=O) groups is 2. The van der Waals surface area contributed by atoms with Gasteiger partial charge in [0.1, 0.15) is 18.4 Å². The van der Waals surface area contributed by atoms with Gasteiger partial charge in [-0.05, 0) is 53.6 Å². The van der Waals surface area contributed by atoms with Crippen molar-refractivity contribution in [1.82, 2.24) is 19.8 Å². The molecular weight excluding hydrogens is 713 g/mol. The Labute approximate surface area is 307 Å². The van der Waals surface area contributed by atoms with E-state index >= 15 is 0 Å². The fourth-order valence-electron chi connectivity index (χ4n) is 6.63. The van der Waals surface area contributed by atoms with E-state index in [1.807, 2.05) is 72.8 Å². The van der Waals surface area contributed by atoms with Gasteiger partial charge in [-0.2, -0.15) is 17.5 Å². The Morgan fingerprint density at radius 1 is 1.00 bits per heavy atom. The van der Waals surface area contributed by atoms with Crippen molar-refractivity contribution in [3.63, 3.8) is 0 Å². The zero-order valence-electron chi connectivity index (χ0n) is 29.5. The fraction of sp³-hybridized carbons (Fsp3) is 0.421. The summed E-state index contributed by atoms with van der Waals surface area (Å²) in [4.78, 5) is 29.3. The highest BCUT2D eigenvalue weighted by Crippen LogP contribution is 2.44. The number of benzene rings is 3. The van der Waals surface area contributed by atoms with E-state index in [1.54, 1.807) is 24.2 Å². The summed E-state index contributed by atoms with van der Waals surface area (Å²) < 4.78 is 77.4. The number of carbonyl (C=O) groups excluding carboxylic acids is 2. The number of ether oxygens (including phenoxy) is 2. The monoisotopic (exact) mass is 758 g/mol. The number of sulfonamides is 1. The first-order chi connectivity index (χ1) is 25.3. The number of nitrogens with one attached hydrogen (secondary N) is 2. The summed E-state index contributed by atoms with van der Waals surface area (Å²) in [5.41, 5.74) is 3.29. The molecule has 3 aromatic rings. The summed E-state index contributed by atoms with van der Waals surface area (Å²) in [7, 11) is -1.93. The number of aliphatic hydroxyl groups is 1. The molecule has 2 aliphatic rings. The second kappa shape index (κ2) is 17.6. The molecule has 11 nitrogen and oxygen atoms in total. The highest BCUT2D eigenvalue weighted by Gasteiger charge is 2.40. The van der Waals surface area contributed by atoms with Crippen LogP contribution in [0.25, 0.3) is 0 Å². The van der Waals surface area contributed by atoms with E-state index < -0.39 is 64.6 Å². The molecule has 0 spiro atoms. The number of β-amino-alcohol motifs (C(OH)–C–C–N with tert-alkyl or cyclic N) is 1. The van der Waals surface area contributed by atoms with Crippen LogP contribution in [0.4, 0.5) is 18.0 Å². The molecule has 0 unspecified atom stereocenters. The quantitative estimate of drug-likeness (QED) is 0.259. The molecule has 2 bridgehead atoms. The summed E-state index contributed by atoms with van der Waals surface area (Å²) in [6, 6.07) is 20.6. The van der Waals surface area contributed by atoms with Gasteiger partial charge in [-0.1, -0.05) is 78.9 Å². The van der Waals surface area contributed by atoms with E-state index in [9.17, 15) is 36.3 Å². The van der Waals surface area contributed by atoms with E-state index in [2.05, 4.69) is 10.6 Å². The predicted octanol–water partition coefficient (Wildman–Crippen LogP) is 5.04. The fourth-order valence-corrected chi connectivity index (χ4v) is 7.98. The van der Waals surface area contributed by atoms with Crippen molar-refractivity contribution in [3.05, 3.63) is 113 Å². The second-order valence-corrected chi connectivity index (χ2v) is 15.3. The maximum atomic E-state index is 13.9. The number of rotatable bonds is 9. The number of amides is 2. The van der Waals surface area contributed by atoms with Crippen molar-refractivity contribution >= 4 is 22.0 Å². The van der Waals surface area contributed by atoms with Crippen LogP contribution >= 0.6 is 0 Å². The van der Waals surface area contributed by atoms with E-state index in [0.717, 1.165) is 29.3 Å². The van der Waals surface area contributed by atoms with Crippen LogP contribution in [0.5, 0.6) is 5.75 Å². The zero-order chi connectivity index (χ0) is 38.2. The minimum absolute atomic E-state index is 0.00704. The molecule has 0 radical (unpaired) electrons. The molecule has 15 heteroatoms. The third-order valence-electron chi connectivity index (χ3n) is 9.62. The molecule has 0 aromatic heterocycles. The zero-order valence-corrected chi connectivity index (χ0v) is 30.4. The van der Waals surface area contributed by atoms with Crippen LogP contribution in [0.2, 0.25) is 0 Å². The van der Waals surface area contributed by atoms with E-state index in [0.29, 0.717) is 16.5 Å². The molecule has 0 fully saturated rings. The molecule has 3 N–H and O–H groups in total. The molecule has 5 rings (SSSR count). The number of methoxy groups -OCH3 is 1. The Balaban J connectivity index is 1.50. The van der Waals surface area contributed by atoms with Gasteiger partial charge in [0.05, 0.1) is 37.5 Å². The lowest BCUT2D eigenvalue weighted by atomic mass is 9.99.